The molecule has 0 fully saturated rings. The van der Waals surface area contributed by atoms with Gasteiger partial charge in [-0.05, 0) is 31.5 Å². The maximum atomic E-state index is 13.1. The van der Waals surface area contributed by atoms with Gasteiger partial charge < -0.3 is 10.6 Å². The SMILES string of the molecule is Cc1c(NCCNc2ncccc2C(F)(F)F)nn2c(C(F)(F)F)nnc2c1C. The molecule has 0 unspecified atom stereocenters. The number of nitrogens with one attached hydrogen (secondary N) is 2. The summed E-state index contributed by atoms with van der Waals surface area (Å²) in [5.74, 6) is -1.46. The lowest BCUT2D eigenvalue weighted by atomic mass is 10.2. The fraction of sp³-hybridized carbons (Fsp3) is 0.375. The van der Waals surface area contributed by atoms with Crippen molar-refractivity contribution < 1.29 is 26.3 Å². The summed E-state index contributed by atoms with van der Waals surface area (Å²) in [6.45, 7) is 3.32. The van der Waals surface area contributed by atoms with E-state index in [1.165, 1.54) is 12.3 Å². The molecular formula is C16H15F6N7. The second-order valence-corrected chi connectivity index (χ2v) is 6.11. The number of alkyl halides is 6. The van der Waals surface area contributed by atoms with Crippen LogP contribution >= 0.6 is 0 Å². The number of hydrogen-bond donors (Lipinski definition) is 2. The summed E-state index contributed by atoms with van der Waals surface area (Å²) >= 11 is 0. The second kappa shape index (κ2) is 7.37. The Bertz CT molecular complexity index is 1020. The van der Waals surface area contributed by atoms with Gasteiger partial charge in [0.1, 0.15) is 11.6 Å². The van der Waals surface area contributed by atoms with Crippen LogP contribution in [0.3, 0.4) is 0 Å². The Morgan fingerprint density at radius 1 is 0.897 bits per heavy atom. The van der Waals surface area contributed by atoms with E-state index in [2.05, 4.69) is 30.9 Å². The Hall–Kier alpha value is -3.12. The first-order valence-electron chi connectivity index (χ1n) is 8.30. The first kappa shape index (κ1) is 20.6. The Balaban J connectivity index is 1.76. The van der Waals surface area contributed by atoms with Crippen molar-refractivity contribution in [3.8, 4) is 0 Å². The van der Waals surface area contributed by atoms with Crippen LogP contribution in [-0.4, -0.2) is 37.9 Å². The lowest BCUT2D eigenvalue weighted by molar-refractivity contribution is -0.146. The van der Waals surface area contributed by atoms with Gasteiger partial charge in [-0.3, -0.25) is 0 Å². The maximum absolute atomic E-state index is 13.1. The van der Waals surface area contributed by atoms with E-state index in [4.69, 9.17) is 0 Å². The second-order valence-electron chi connectivity index (χ2n) is 6.11. The Morgan fingerprint density at radius 3 is 2.17 bits per heavy atom. The van der Waals surface area contributed by atoms with E-state index >= 15 is 0 Å². The van der Waals surface area contributed by atoms with Crippen LogP contribution in [-0.2, 0) is 12.4 Å². The standard InChI is InChI=1S/C16H15F6N7/c1-8-9(2)13-26-27-14(16(20,21)22)29(13)28-11(8)24-6-7-25-12-10(15(17,18)19)4-3-5-23-12/h3-5H,6-7H2,1-2H3,(H,23,25)(H,24,28). The number of aryl methyl sites for hydroxylation is 1. The summed E-state index contributed by atoms with van der Waals surface area (Å²) < 4.78 is 78.6. The third kappa shape index (κ3) is 4.17. The van der Waals surface area contributed by atoms with Gasteiger partial charge in [0.15, 0.2) is 5.65 Å². The zero-order valence-corrected chi connectivity index (χ0v) is 15.2. The van der Waals surface area contributed by atoms with Crippen LogP contribution in [0.15, 0.2) is 18.3 Å². The molecule has 3 rings (SSSR count). The van der Waals surface area contributed by atoms with E-state index in [9.17, 15) is 26.3 Å². The molecule has 0 saturated carbocycles. The van der Waals surface area contributed by atoms with Gasteiger partial charge in [-0.2, -0.15) is 30.9 Å². The third-order valence-electron chi connectivity index (χ3n) is 4.17. The normalized spacial score (nSPS) is 12.4. The van der Waals surface area contributed by atoms with Crippen LogP contribution in [0.4, 0.5) is 38.0 Å². The molecule has 0 aliphatic carbocycles. The van der Waals surface area contributed by atoms with E-state index in [0.29, 0.717) is 15.6 Å². The summed E-state index contributed by atoms with van der Waals surface area (Å²) in [5.41, 5.74) is 0.0580. The largest absolute Gasteiger partial charge is 0.453 e. The smallest absolute Gasteiger partial charge is 0.368 e. The molecule has 13 heteroatoms. The van der Waals surface area contributed by atoms with Gasteiger partial charge in [-0.1, -0.05) is 0 Å². The molecule has 0 atom stereocenters. The highest BCUT2D eigenvalue weighted by molar-refractivity contribution is 5.58. The fourth-order valence-electron chi connectivity index (χ4n) is 2.61. The van der Waals surface area contributed by atoms with Gasteiger partial charge in [-0.15, -0.1) is 15.3 Å². The van der Waals surface area contributed by atoms with Crippen LogP contribution in [0.2, 0.25) is 0 Å². The average Bonchev–Trinajstić information content (AvgIpc) is 3.06. The van der Waals surface area contributed by atoms with Gasteiger partial charge in [0.25, 0.3) is 5.82 Å². The number of aromatic nitrogens is 5. The number of anilines is 2. The molecular weight excluding hydrogens is 404 g/mol. The predicted molar refractivity (Wildman–Crippen MR) is 91.5 cm³/mol. The van der Waals surface area contributed by atoms with E-state index in [0.717, 1.165) is 6.07 Å². The molecule has 3 aromatic heterocycles. The van der Waals surface area contributed by atoms with Crippen molar-refractivity contribution in [2.24, 2.45) is 0 Å². The van der Waals surface area contributed by atoms with Gasteiger partial charge in [0.05, 0.1) is 5.56 Å². The van der Waals surface area contributed by atoms with E-state index in [1.807, 2.05) is 0 Å². The predicted octanol–water partition coefficient (Wildman–Crippen LogP) is 3.70. The van der Waals surface area contributed by atoms with Crippen molar-refractivity contribution in [2.45, 2.75) is 26.2 Å². The minimum Gasteiger partial charge on any atom is -0.368 e. The molecule has 0 spiro atoms. The van der Waals surface area contributed by atoms with E-state index in [1.54, 1.807) is 13.8 Å². The molecule has 0 saturated heterocycles. The Labute approximate surface area is 160 Å². The molecule has 0 radical (unpaired) electrons. The van der Waals surface area contributed by atoms with Crippen molar-refractivity contribution in [3.63, 3.8) is 0 Å². The molecule has 156 valence electrons. The lowest BCUT2D eigenvalue weighted by Crippen LogP contribution is -2.20. The molecule has 0 amide bonds. The van der Waals surface area contributed by atoms with E-state index in [-0.39, 0.29) is 30.4 Å². The topological polar surface area (TPSA) is 80.0 Å². The molecule has 29 heavy (non-hydrogen) atoms. The first-order chi connectivity index (χ1) is 13.5. The highest BCUT2D eigenvalue weighted by atomic mass is 19.4. The van der Waals surface area contributed by atoms with Crippen molar-refractivity contribution in [1.82, 2.24) is 24.8 Å². The molecule has 7 nitrogen and oxygen atoms in total. The van der Waals surface area contributed by atoms with Crippen molar-refractivity contribution in [2.75, 3.05) is 23.7 Å². The monoisotopic (exact) mass is 419 g/mol. The van der Waals surface area contributed by atoms with Crippen LogP contribution in [0.25, 0.3) is 5.65 Å². The summed E-state index contributed by atoms with van der Waals surface area (Å²) in [4.78, 5) is 3.67. The zero-order chi connectivity index (χ0) is 21.4. The maximum Gasteiger partial charge on any atom is 0.453 e. The number of pyridine rings is 1. The molecule has 3 heterocycles. The van der Waals surface area contributed by atoms with Crippen LogP contribution in [0.1, 0.15) is 22.5 Å². The number of hydrogen-bond acceptors (Lipinski definition) is 6. The van der Waals surface area contributed by atoms with Gasteiger partial charge >= 0.3 is 12.4 Å². The number of rotatable bonds is 5. The Morgan fingerprint density at radius 2 is 1.55 bits per heavy atom. The highest BCUT2D eigenvalue weighted by Crippen LogP contribution is 2.33. The minimum absolute atomic E-state index is 0.0204. The molecule has 3 aromatic rings. The number of nitrogens with zero attached hydrogens (tertiary/aromatic N) is 5. The highest BCUT2D eigenvalue weighted by Gasteiger charge is 2.38. The van der Waals surface area contributed by atoms with Crippen LogP contribution in [0, 0.1) is 13.8 Å². The molecule has 0 bridgehead atoms. The molecule has 0 aliphatic rings. The third-order valence-corrected chi connectivity index (χ3v) is 4.17. The quantitative estimate of drug-likeness (QED) is 0.485. The van der Waals surface area contributed by atoms with Crippen LogP contribution < -0.4 is 10.6 Å². The average molecular weight is 419 g/mol. The van der Waals surface area contributed by atoms with Crippen molar-refractivity contribution >= 4 is 17.3 Å². The molecule has 0 aromatic carbocycles. The number of halogens is 6. The number of fused-ring (bicyclic) bond motifs is 1. The van der Waals surface area contributed by atoms with Crippen molar-refractivity contribution in [3.05, 3.63) is 40.8 Å². The van der Waals surface area contributed by atoms with Gasteiger partial charge in [-0.25, -0.2) is 4.98 Å². The zero-order valence-electron chi connectivity index (χ0n) is 15.2. The molecule has 2 N–H and O–H groups in total. The van der Waals surface area contributed by atoms with Gasteiger partial charge in [0, 0.05) is 24.8 Å². The van der Waals surface area contributed by atoms with Crippen LogP contribution in [0.5, 0.6) is 0 Å². The lowest BCUT2D eigenvalue weighted by Gasteiger charge is -2.15. The summed E-state index contributed by atoms with van der Waals surface area (Å²) in [5, 5.41) is 16.0. The molecule has 0 aliphatic heterocycles. The van der Waals surface area contributed by atoms with E-state index < -0.39 is 23.7 Å². The fourth-order valence-corrected chi connectivity index (χ4v) is 2.61. The summed E-state index contributed by atoms with van der Waals surface area (Å²) in [7, 11) is 0. The van der Waals surface area contributed by atoms with Gasteiger partial charge in [0.2, 0.25) is 0 Å². The van der Waals surface area contributed by atoms with Crippen molar-refractivity contribution in [1.29, 1.82) is 0 Å². The minimum atomic E-state index is -4.74. The first-order valence-corrected chi connectivity index (χ1v) is 8.30. The summed E-state index contributed by atoms with van der Waals surface area (Å²) in [6, 6.07) is 2.07. The summed E-state index contributed by atoms with van der Waals surface area (Å²) in [6.07, 6.45) is -8.08. The Kier molecular flexibility index (Phi) is 5.24.